The minimum absolute atomic E-state index is 0.0697. The zero-order valence-electron chi connectivity index (χ0n) is 8.58. The maximum Gasteiger partial charge on any atom is 0.167 e. The first-order valence-electron chi connectivity index (χ1n) is 4.71. The van der Waals surface area contributed by atoms with Gasteiger partial charge in [-0.05, 0) is 0 Å². The van der Waals surface area contributed by atoms with Gasteiger partial charge in [0.1, 0.15) is 12.4 Å². The molecule has 0 bridgehead atoms. The molecule has 0 fully saturated rings. The standard InChI is InChI=1S/C10H13F2NO3/c11-7-6-10(8(12)5-9(7)13)16-4-3-15-2-1-14/h5-6,14H,1-4,13H2. The van der Waals surface area contributed by atoms with E-state index < -0.39 is 11.6 Å². The van der Waals surface area contributed by atoms with Crippen LogP contribution in [0.25, 0.3) is 0 Å². The van der Waals surface area contributed by atoms with E-state index in [9.17, 15) is 8.78 Å². The first-order chi connectivity index (χ1) is 7.65. The molecule has 0 amide bonds. The minimum atomic E-state index is -0.729. The molecule has 1 aromatic carbocycles. The van der Waals surface area contributed by atoms with E-state index in [1.807, 2.05) is 0 Å². The summed E-state index contributed by atoms with van der Waals surface area (Å²) in [5, 5.41) is 8.40. The van der Waals surface area contributed by atoms with Gasteiger partial charge in [0.15, 0.2) is 11.6 Å². The second-order valence-electron chi connectivity index (χ2n) is 2.99. The average Bonchev–Trinajstić information content (AvgIpc) is 2.25. The third-order valence-electron chi connectivity index (χ3n) is 1.77. The van der Waals surface area contributed by atoms with Crippen molar-refractivity contribution in [3.05, 3.63) is 23.8 Å². The Balaban J connectivity index is 2.45. The molecule has 0 aromatic heterocycles. The lowest BCUT2D eigenvalue weighted by Crippen LogP contribution is -2.10. The van der Waals surface area contributed by atoms with Crippen molar-refractivity contribution in [1.82, 2.24) is 0 Å². The van der Waals surface area contributed by atoms with Crippen molar-refractivity contribution in [3.63, 3.8) is 0 Å². The fourth-order valence-electron chi connectivity index (χ4n) is 1.03. The molecular weight excluding hydrogens is 220 g/mol. The van der Waals surface area contributed by atoms with Gasteiger partial charge in [-0.15, -0.1) is 0 Å². The lowest BCUT2D eigenvalue weighted by atomic mass is 10.3. The van der Waals surface area contributed by atoms with Crippen LogP contribution in [0, 0.1) is 11.6 Å². The van der Waals surface area contributed by atoms with Crippen LogP contribution < -0.4 is 10.5 Å². The Bertz CT molecular complexity index is 347. The molecule has 0 atom stereocenters. The van der Waals surface area contributed by atoms with E-state index in [1.165, 1.54) is 0 Å². The third-order valence-corrected chi connectivity index (χ3v) is 1.77. The van der Waals surface area contributed by atoms with Gasteiger partial charge >= 0.3 is 0 Å². The molecule has 16 heavy (non-hydrogen) atoms. The van der Waals surface area contributed by atoms with Gasteiger partial charge in [0.2, 0.25) is 0 Å². The van der Waals surface area contributed by atoms with E-state index in [0.717, 1.165) is 12.1 Å². The van der Waals surface area contributed by atoms with E-state index >= 15 is 0 Å². The number of hydrogen-bond donors (Lipinski definition) is 2. The van der Waals surface area contributed by atoms with Crippen LogP contribution in [0.3, 0.4) is 0 Å². The first kappa shape index (κ1) is 12.7. The second kappa shape index (κ2) is 6.24. The molecule has 1 aromatic rings. The van der Waals surface area contributed by atoms with E-state index in [-0.39, 0.29) is 37.9 Å². The Morgan fingerprint density at radius 2 is 1.88 bits per heavy atom. The molecule has 0 aliphatic carbocycles. The number of nitrogens with two attached hydrogens (primary N) is 1. The molecule has 0 unspecified atom stereocenters. The summed E-state index contributed by atoms with van der Waals surface area (Å²) in [5.41, 5.74) is 4.90. The smallest absolute Gasteiger partial charge is 0.167 e. The van der Waals surface area contributed by atoms with Crippen LogP contribution in [0.4, 0.5) is 14.5 Å². The number of benzene rings is 1. The van der Waals surface area contributed by atoms with E-state index in [0.29, 0.717) is 0 Å². The summed E-state index contributed by atoms with van der Waals surface area (Å²) in [5.74, 6) is -1.66. The van der Waals surface area contributed by atoms with Crippen LogP contribution in [-0.4, -0.2) is 31.5 Å². The van der Waals surface area contributed by atoms with Crippen LogP contribution >= 0.6 is 0 Å². The molecule has 0 aliphatic heterocycles. The van der Waals surface area contributed by atoms with Gasteiger partial charge in [0.25, 0.3) is 0 Å². The van der Waals surface area contributed by atoms with E-state index in [1.54, 1.807) is 0 Å². The minimum Gasteiger partial charge on any atom is -0.488 e. The number of nitrogen functional groups attached to an aromatic ring is 1. The van der Waals surface area contributed by atoms with Crippen molar-refractivity contribution in [1.29, 1.82) is 0 Å². The maximum atomic E-state index is 13.2. The lowest BCUT2D eigenvalue weighted by molar-refractivity contribution is 0.0695. The third kappa shape index (κ3) is 3.63. The number of halogens is 2. The number of anilines is 1. The van der Waals surface area contributed by atoms with Crippen molar-refractivity contribution in [2.24, 2.45) is 0 Å². The largest absolute Gasteiger partial charge is 0.488 e. The van der Waals surface area contributed by atoms with Crippen molar-refractivity contribution in [2.75, 3.05) is 32.2 Å². The molecule has 0 radical (unpaired) electrons. The maximum absolute atomic E-state index is 13.2. The number of rotatable bonds is 6. The summed E-state index contributed by atoms with van der Waals surface area (Å²) in [7, 11) is 0. The average molecular weight is 233 g/mol. The number of hydrogen-bond acceptors (Lipinski definition) is 4. The van der Waals surface area contributed by atoms with Crippen molar-refractivity contribution >= 4 is 5.69 Å². The molecule has 90 valence electrons. The Morgan fingerprint density at radius 3 is 2.56 bits per heavy atom. The summed E-state index contributed by atoms with van der Waals surface area (Å²) >= 11 is 0. The number of aliphatic hydroxyl groups excluding tert-OH is 1. The molecule has 0 heterocycles. The molecule has 0 saturated heterocycles. The predicted molar refractivity (Wildman–Crippen MR) is 54.2 cm³/mol. The van der Waals surface area contributed by atoms with Crippen LogP contribution in [0.5, 0.6) is 5.75 Å². The van der Waals surface area contributed by atoms with Gasteiger partial charge in [-0.2, -0.15) is 0 Å². The topological polar surface area (TPSA) is 64.7 Å². The normalized spacial score (nSPS) is 10.4. The SMILES string of the molecule is Nc1cc(F)c(OCCOCCO)cc1F. The molecule has 3 N–H and O–H groups in total. The van der Waals surface area contributed by atoms with E-state index in [2.05, 4.69) is 0 Å². The van der Waals surface area contributed by atoms with Gasteiger partial charge in [-0.1, -0.05) is 0 Å². The summed E-state index contributed by atoms with van der Waals surface area (Å²) < 4.78 is 35.9. The second-order valence-corrected chi connectivity index (χ2v) is 2.99. The lowest BCUT2D eigenvalue weighted by Gasteiger charge is -2.08. The van der Waals surface area contributed by atoms with Gasteiger partial charge in [0, 0.05) is 12.1 Å². The van der Waals surface area contributed by atoms with Crippen molar-refractivity contribution in [2.45, 2.75) is 0 Å². The quantitative estimate of drug-likeness (QED) is 0.567. The molecule has 0 saturated carbocycles. The highest BCUT2D eigenvalue weighted by atomic mass is 19.1. The summed E-state index contributed by atoms with van der Waals surface area (Å²) in [6.07, 6.45) is 0. The van der Waals surface area contributed by atoms with Gasteiger partial charge in [-0.3, -0.25) is 0 Å². The predicted octanol–water partition coefficient (Wildman–Crippen LogP) is 0.935. The number of aliphatic hydroxyl groups is 1. The molecule has 0 spiro atoms. The highest BCUT2D eigenvalue weighted by molar-refractivity contribution is 5.44. The van der Waals surface area contributed by atoms with E-state index in [4.69, 9.17) is 20.3 Å². The van der Waals surface area contributed by atoms with Crippen molar-refractivity contribution in [3.8, 4) is 5.75 Å². The fraction of sp³-hybridized carbons (Fsp3) is 0.400. The first-order valence-corrected chi connectivity index (χ1v) is 4.71. The highest BCUT2D eigenvalue weighted by Gasteiger charge is 2.08. The van der Waals surface area contributed by atoms with Crippen molar-refractivity contribution < 1.29 is 23.4 Å². The summed E-state index contributed by atoms with van der Waals surface area (Å²) in [4.78, 5) is 0. The Morgan fingerprint density at radius 1 is 1.12 bits per heavy atom. The van der Waals surface area contributed by atoms with Gasteiger partial charge in [-0.25, -0.2) is 8.78 Å². The zero-order chi connectivity index (χ0) is 12.0. The summed E-state index contributed by atoms with van der Waals surface area (Å²) in [6, 6.07) is 1.75. The molecule has 0 aliphatic rings. The Kier molecular flexibility index (Phi) is 4.94. The molecule has 6 heteroatoms. The fourth-order valence-corrected chi connectivity index (χ4v) is 1.03. The highest BCUT2D eigenvalue weighted by Crippen LogP contribution is 2.22. The molecular formula is C10H13F2NO3. The summed E-state index contributed by atoms with van der Waals surface area (Å²) in [6.45, 7) is 0.346. The van der Waals surface area contributed by atoms with Gasteiger partial charge in [0.05, 0.1) is 25.5 Å². The zero-order valence-corrected chi connectivity index (χ0v) is 8.58. The van der Waals surface area contributed by atoms with Crippen LogP contribution in [-0.2, 0) is 4.74 Å². The number of ether oxygens (including phenoxy) is 2. The monoisotopic (exact) mass is 233 g/mol. The molecule has 4 nitrogen and oxygen atoms in total. The Hall–Kier alpha value is -1.40. The van der Waals surface area contributed by atoms with Crippen LogP contribution in [0.2, 0.25) is 0 Å². The van der Waals surface area contributed by atoms with Crippen LogP contribution in [0.1, 0.15) is 0 Å². The molecule has 1 rings (SSSR count). The van der Waals surface area contributed by atoms with Gasteiger partial charge < -0.3 is 20.3 Å². The van der Waals surface area contributed by atoms with Crippen LogP contribution in [0.15, 0.2) is 12.1 Å². The Labute approximate surface area is 91.6 Å².